The molecule has 0 atom stereocenters. The molecule has 0 unspecified atom stereocenters. The quantitative estimate of drug-likeness (QED) is 0.804. The maximum atomic E-state index is 12.6. The fourth-order valence-electron chi connectivity index (χ4n) is 2.59. The molecule has 0 aromatic heterocycles. The smallest absolute Gasteiger partial charge is 0.241 e. The Hall–Kier alpha value is -2.38. The van der Waals surface area contributed by atoms with Crippen LogP contribution in [0.5, 0.6) is 5.75 Å². The van der Waals surface area contributed by atoms with Crippen LogP contribution in [-0.2, 0) is 21.4 Å². The zero-order chi connectivity index (χ0) is 19.3. The second-order valence-corrected chi connectivity index (χ2v) is 7.88. The van der Waals surface area contributed by atoms with Crippen molar-refractivity contribution in [1.82, 2.24) is 9.62 Å². The van der Waals surface area contributed by atoms with Crippen LogP contribution in [0, 0.1) is 13.8 Å². The summed E-state index contributed by atoms with van der Waals surface area (Å²) in [6.45, 7) is 3.59. The number of amides is 1. The lowest BCUT2D eigenvalue weighted by Gasteiger charge is -2.18. The standard InChI is InChI=1S/C19H24N2O4S/c1-14-11-18(15(2)10-17(14)25-4)26(23,24)20-12-19(22)21(3)13-16-8-6-5-7-9-16/h5-11,20H,12-13H2,1-4H3. The molecule has 0 aliphatic carbocycles. The van der Waals surface area contributed by atoms with E-state index in [1.54, 1.807) is 33.0 Å². The molecule has 26 heavy (non-hydrogen) atoms. The van der Waals surface area contributed by atoms with E-state index in [2.05, 4.69) is 4.72 Å². The normalized spacial score (nSPS) is 11.2. The lowest BCUT2D eigenvalue weighted by atomic mass is 10.1. The predicted molar refractivity (Wildman–Crippen MR) is 101 cm³/mol. The minimum absolute atomic E-state index is 0.148. The first-order valence-electron chi connectivity index (χ1n) is 8.17. The Morgan fingerprint density at radius 1 is 1.12 bits per heavy atom. The Morgan fingerprint density at radius 2 is 1.77 bits per heavy atom. The highest BCUT2D eigenvalue weighted by molar-refractivity contribution is 7.89. The molecule has 0 radical (unpaired) electrons. The number of aryl methyl sites for hydroxylation is 2. The Bertz CT molecular complexity index is 880. The highest BCUT2D eigenvalue weighted by Crippen LogP contribution is 2.25. The van der Waals surface area contributed by atoms with Crippen LogP contribution in [0.4, 0.5) is 0 Å². The van der Waals surface area contributed by atoms with E-state index in [4.69, 9.17) is 4.74 Å². The largest absolute Gasteiger partial charge is 0.496 e. The zero-order valence-electron chi connectivity index (χ0n) is 15.4. The molecule has 0 bridgehead atoms. The number of nitrogens with zero attached hydrogens (tertiary/aromatic N) is 1. The molecule has 6 nitrogen and oxygen atoms in total. The van der Waals surface area contributed by atoms with Crippen LogP contribution in [0.3, 0.4) is 0 Å². The third kappa shape index (κ3) is 4.83. The second-order valence-electron chi connectivity index (χ2n) is 6.15. The van der Waals surface area contributed by atoms with E-state index in [1.165, 1.54) is 12.0 Å². The fourth-order valence-corrected chi connectivity index (χ4v) is 3.87. The van der Waals surface area contributed by atoms with Crippen LogP contribution in [-0.4, -0.2) is 39.9 Å². The topological polar surface area (TPSA) is 75.7 Å². The van der Waals surface area contributed by atoms with Crippen LogP contribution in [0.1, 0.15) is 16.7 Å². The van der Waals surface area contributed by atoms with Crippen molar-refractivity contribution in [3.63, 3.8) is 0 Å². The minimum atomic E-state index is -3.79. The van der Waals surface area contributed by atoms with Crippen molar-refractivity contribution < 1.29 is 17.9 Å². The van der Waals surface area contributed by atoms with Gasteiger partial charge in [0.2, 0.25) is 15.9 Å². The summed E-state index contributed by atoms with van der Waals surface area (Å²) < 4.78 is 32.7. The van der Waals surface area contributed by atoms with E-state index in [-0.39, 0.29) is 17.3 Å². The number of benzene rings is 2. The Morgan fingerprint density at radius 3 is 2.38 bits per heavy atom. The van der Waals surface area contributed by atoms with Gasteiger partial charge in [0.15, 0.2) is 0 Å². The first-order chi connectivity index (χ1) is 12.2. The summed E-state index contributed by atoms with van der Waals surface area (Å²) in [5.74, 6) is 0.320. The summed E-state index contributed by atoms with van der Waals surface area (Å²) in [5, 5.41) is 0. The van der Waals surface area contributed by atoms with Gasteiger partial charge in [0, 0.05) is 13.6 Å². The number of carbonyl (C=O) groups excluding carboxylic acids is 1. The third-order valence-corrected chi connectivity index (χ3v) is 5.63. The number of methoxy groups -OCH3 is 1. The van der Waals surface area contributed by atoms with Crippen molar-refractivity contribution in [3.8, 4) is 5.75 Å². The predicted octanol–water partition coefficient (Wildman–Crippen LogP) is 2.25. The van der Waals surface area contributed by atoms with Crippen molar-refractivity contribution in [3.05, 3.63) is 59.2 Å². The van der Waals surface area contributed by atoms with Gasteiger partial charge in [-0.15, -0.1) is 0 Å². The van der Waals surface area contributed by atoms with Crippen LogP contribution in [0.15, 0.2) is 47.4 Å². The summed E-state index contributed by atoms with van der Waals surface area (Å²) in [4.78, 5) is 13.9. The van der Waals surface area contributed by atoms with Gasteiger partial charge in [-0.1, -0.05) is 30.3 Å². The third-order valence-electron chi connectivity index (χ3n) is 4.08. The molecular formula is C19H24N2O4S. The van der Waals surface area contributed by atoms with Crippen molar-refractivity contribution in [1.29, 1.82) is 0 Å². The van der Waals surface area contributed by atoms with Gasteiger partial charge >= 0.3 is 0 Å². The number of rotatable bonds is 7. The number of hydrogen-bond donors (Lipinski definition) is 1. The van der Waals surface area contributed by atoms with Gasteiger partial charge in [-0.3, -0.25) is 4.79 Å². The maximum absolute atomic E-state index is 12.6. The summed E-state index contributed by atoms with van der Waals surface area (Å²) in [5.41, 5.74) is 2.25. The molecule has 7 heteroatoms. The van der Waals surface area contributed by atoms with Crippen molar-refractivity contribution in [2.45, 2.75) is 25.3 Å². The summed E-state index contributed by atoms with van der Waals surface area (Å²) in [6, 6.07) is 12.7. The van der Waals surface area contributed by atoms with Gasteiger partial charge in [-0.05, 0) is 42.7 Å². The van der Waals surface area contributed by atoms with Crippen LogP contribution < -0.4 is 9.46 Å². The summed E-state index contributed by atoms with van der Waals surface area (Å²) in [7, 11) is -0.611. The molecule has 1 N–H and O–H groups in total. The van der Waals surface area contributed by atoms with Gasteiger partial charge in [0.25, 0.3) is 0 Å². The second kappa shape index (κ2) is 8.33. The number of likely N-dealkylation sites (N-methyl/N-ethyl adjacent to an activating group) is 1. The van der Waals surface area contributed by atoms with E-state index in [0.29, 0.717) is 23.4 Å². The van der Waals surface area contributed by atoms with E-state index in [1.807, 2.05) is 30.3 Å². The van der Waals surface area contributed by atoms with Crippen LogP contribution >= 0.6 is 0 Å². The van der Waals surface area contributed by atoms with Gasteiger partial charge in [0.1, 0.15) is 5.75 Å². The van der Waals surface area contributed by atoms with E-state index in [9.17, 15) is 13.2 Å². The van der Waals surface area contributed by atoms with Crippen molar-refractivity contribution in [2.24, 2.45) is 0 Å². The number of carbonyl (C=O) groups is 1. The first-order valence-corrected chi connectivity index (χ1v) is 9.65. The SMILES string of the molecule is COc1cc(C)c(S(=O)(=O)NCC(=O)N(C)Cc2ccccc2)cc1C. The Labute approximate surface area is 154 Å². The van der Waals surface area contributed by atoms with Crippen molar-refractivity contribution in [2.75, 3.05) is 20.7 Å². The Balaban J connectivity index is 2.05. The molecular weight excluding hydrogens is 352 g/mol. The fraction of sp³-hybridized carbons (Fsp3) is 0.316. The maximum Gasteiger partial charge on any atom is 0.241 e. The average Bonchev–Trinajstić information content (AvgIpc) is 2.62. The lowest BCUT2D eigenvalue weighted by molar-refractivity contribution is -0.129. The molecule has 0 saturated carbocycles. The monoisotopic (exact) mass is 376 g/mol. The zero-order valence-corrected chi connectivity index (χ0v) is 16.3. The van der Waals surface area contributed by atoms with Crippen molar-refractivity contribution >= 4 is 15.9 Å². The number of hydrogen-bond acceptors (Lipinski definition) is 4. The molecule has 2 rings (SSSR count). The van der Waals surface area contributed by atoms with E-state index >= 15 is 0 Å². The first kappa shape index (κ1) is 19.9. The molecule has 1 amide bonds. The number of nitrogens with one attached hydrogen (secondary N) is 1. The van der Waals surface area contributed by atoms with Gasteiger partial charge in [-0.25, -0.2) is 13.1 Å². The molecule has 0 saturated heterocycles. The summed E-state index contributed by atoms with van der Waals surface area (Å²) in [6.07, 6.45) is 0. The number of sulfonamides is 1. The molecule has 2 aromatic rings. The lowest BCUT2D eigenvalue weighted by Crippen LogP contribution is -2.38. The van der Waals surface area contributed by atoms with Crippen LogP contribution in [0.2, 0.25) is 0 Å². The van der Waals surface area contributed by atoms with Gasteiger partial charge < -0.3 is 9.64 Å². The molecule has 140 valence electrons. The van der Waals surface area contributed by atoms with E-state index in [0.717, 1.165) is 5.56 Å². The molecule has 0 aliphatic rings. The highest BCUT2D eigenvalue weighted by Gasteiger charge is 2.20. The number of ether oxygens (including phenoxy) is 1. The molecule has 0 fully saturated rings. The Kier molecular flexibility index (Phi) is 6.39. The van der Waals surface area contributed by atoms with Gasteiger partial charge in [-0.2, -0.15) is 0 Å². The van der Waals surface area contributed by atoms with Gasteiger partial charge in [0.05, 0.1) is 18.6 Å². The molecule has 0 spiro atoms. The summed E-state index contributed by atoms with van der Waals surface area (Å²) >= 11 is 0. The molecule has 2 aromatic carbocycles. The van der Waals surface area contributed by atoms with E-state index < -0.39 is 10.0 Å². The van der Waals surface area contributed by atoms with Crippen LogP contribution in [0.25, 0.3) is 0 Å². The average molecular weight is 376 g/mol. The molecule has 0 heterocycles. The highest BCUT2D eigenvalue weighted by atomic mass is 32.2. The molecule has 0 aliphatic heterocycles. The minimum Gasteiger partial charge on any atom is -0.496 e.